The first kappa shape index (κ1) is 7.52. The lowest BCUT2D eigenvalue weighted by molar-refractivity contribution is 0.956. The first-order valence-corrected chi connectivity index (χ1v) is 3.87. The van der Waals surface area contributed by atoms with Crippen molar-refractivity contribution in [2.75, 3.05) is 0 Å². The average molecular weight is 183 g/mol. The monoisotopic (exact) mass is 182 g/mol. The number of H-pyrrole nitrogens is 1. The van der Waals surface area contributed by atoms with Gasteiger partial charge in [-0.15, -0.1) is 0 Å². The summed E-state index contributed by atoms with van der Waals surface area (Å²) in [5, 5.41) is 8.24. The van der Waals surface area contributed by atoms with Crippen LogP contribution in [0.3, 0.4) is 0 Å². The fourth-order valence-corrected chi connectivity index (χ4v) is 1.24. The second-order valence-electron chi connectivity index (χ2n) is 2.43. The van der Waals surface area contributed by atoms with Crippen LogP contribution in [0, 0.1) is 0 Å². The zero-order valence-corrected chi connectivity index (χ0v) is 6.97. The van der Waals surface area contributed by atoms with Crippen molar-refractivity contribution >= 4 is 22.6 Å². The maximum absolute atomic E-state index is 5.76. The van der Waals surface area contributed by atoms with E-state index in [9.17, 15) is 0 Å². The van der Waals surface area contributed by atoms with Crippen molar-refractivity contribution in [1.82, 2.24) is 15.2 Å². The Morgan fingerprint density at radius 1 is 1.58 bits per heavy atom. The molecule has 0 saturated heterocycles. The molecule has 0 saturated carbocycles. The summed E-state index contributed by atoms with van der Waals surface area (Å²) < 4.78 is 0. The van der Waals surface area contributed by atoms with Crippen LogP contribution in [0.15, 0.2) is 12.3 Å². The van der Waals surface area contributed by atoms with Gasteiger partial charge < -0.3 is 5.73 Å². The molecule has 0 aliphatic carbocycles. The number of fused-ring (bicyclic) bond motifs is 1. The first-order chi connectivity index (χ1) is 5.81. The van der Waals surface area contributed by atoms with Gasteiger partial charge in [-0.05, 0) is 6.07 Å². The van der Waals surface area contributed by atoms with Gasteiger partial charge in [0.2, 0.25) is 0 Å². The van der Waals surface area contributed by atoms with E-state index < -0.39 is 0 Å². The van der Waals surface area contributed by atoms with Crippen LogP contribution in [0.5, 0.6) is 0 Å². The zero-order chi connectivity index (χ0) is 8.55. The highest BCUT2D eigenvalue weighted by molar-refractivity contribution is 6.31. The topological polar surface area (TPSA) is 67.6 Å². The Bertz CT molecular complexity index is 409. The van der Waals surface area contributed by atoms with Crippen molar-refractivity contribution in [3.05, 3.63) is 23.0 Å². The Labute approximate surface area is 73.7 Å². The van der Waals surface area contributed by atoms with Crippen molar-refractivity contribution < 1.29 is 0 Å². The van der Waals surface area contributed by atoms with Gasteiger partial charge in [-0.3, -0.25) is 5.10 Å². The third kappa shape index (κ3) is 1.05. The molecule has 62 valence electrons. The number of hydrogen-bond acceptors (Lipinski definition) is 3. The summed E-state index contributed by atoms with van der Waals surface area (Å²) in [7, 11) is 0. The maximum atomic E-state index is 5.76. The molecule has 0 aliphatic heterocycles. The van der Waals surface area contributed by atoms with Crippen molar-refractivity contribution in [1.29, 1.82) is 0 Å². The van der Waals surface area contributed by atoms with Gasteiger partial charge in [-0.1, -0.05) is 11.6 Å². The number of nitrogens with zero attached hydrogens (tertiary/aromatic N) is 2. The Kier molecular flexibility index (Phi) is 1.71. The summed E-state index contributed by atoms with van der Waals surface area (Å²) in [5.74, 6) is 0. The van der Waals surface area contributed by atoms with Crippen LogP contribution in [0.2, 0.25) is 5.02 Å². The molecule has 5 heteroatoms. The molecule has 4 nitrogen and oxygen atoms in total. The summed E-state index contributed by atoms with van der Waals surface area (Å²) in [6.07, 6.45) is 1.56. The van der Waals surface area contributed by atoms with E-state index in [0.29, 0.717) is 17.2 Å². The SMILES string of the molecule is NCc1[nH]nc2ncc(Cl)cc12. The number of rotatable bonds is 1. The number of nitrogens with two attached hydrogens (primary N) is 1. The van der Waals surface area contributed by atoms with E-state index in [-0.39, 0.29) is 0 Å². The summed E-state index contributed by atoms with van der Waals surface area (Å²) in [4.78, 5) is 4.02. The molecule has 0 radical (unpaired) electrons. The number of aromatic amines is 1. The van der Waals surface area contributed by atoms with Crippen LogP contribution in [-0.2, 0) is 6.54 Å². The fraction of sp³-hybridized carbons (Fsp3) is 0.143. The standard InChI is InChI=1S/C7H7ClN4/c8-4-1-5-6(2-9)11-12-7(5)10-3-4/h1,3H,2,9H2,(H,10,11,12). The van der Waals surface area contributed by atoms with Crippen LogP contribution in [-0.4, -0.2) is 15.2 Å². The molecule has 0 unspecified atom stereocenters. The minimum atomic E-state index is 0.415. The Balaban J connectivity index is 2.75. The normalized spacial score (nSPS) is 10.8. The first-order valence-electron chi connectivity index (χ1n) is 3.50. The van der Waals surface area contributed by atoms with Gasteiger partial charge in [-0.2, -0.15) is 5.10 Å². The maximum Gasteiger partial charge on any atom is 0.181 e. The minimum Gasteiger partial charge on any atom is -0.325 e. The molecule has 0 amide bonds. The predicted molar refractivity (Wildman–Crippen MR) is 46.8 cm³/mol. The molecule has 12 heavy (non-hydrogen) atoms. The summed E-state index contributed by atoms with van der Waals surface area (Å²) >= 11 is 5.76. The molecule has 2 heterocycles. The third-order valence-corrected chi connectivity index (χ3v) is 1.87. The minimum absolute atomic E-state index is 0.415. The van der Waals surface area contributed by atoms with Crippen molar-refractivity contribution in [3.8, 4) is 0 Å². The molecular weight excluding hydrogens is 176 g/mol. The number of hydrogen-bond donors (Lipinski definition) is 2. The second-order valence-corrected chi connectivity index (χ2v) is 2.87. The highest BCUT2D eigenvalue weighted by Crippen LogP contribution is 2.17. The molecule has 2 rings (SSSR count). The molecule has 0 atom stereocenters. The third-order valence-electron chi connectivity index (χ3n) is 1.66. The largest absolute Gasteiger partial charge is 0.325 e. The Hall–Kier alpha value is -1.13. The van der Waals surface area contributed by atoms with E-state index in [1.807, 2.05) is 0 Å². The van der Waals surface area contributed by atoms with E-state index in [4.69, 9.17) is 17.3 Å². The fourth-order valence-electron chi connectivity index (χ4n) is 1.08. The van der Waals surface area contributed by atoms with E-state index in [0.717, 1.165) is 11.1 Å². The van der Waals surface area contributed by atoms with Gasteiger partial charge in [0.25, 0.3) is 0 Å². The predicted octanol–water partition coefficient (Wildman–Crippen LogP) is 1.07. The lowest BCUT2D eigenvalue weighted by atomic mass is 10.3. The molecule has 3 N–H and O–H groups in total. The van der Waals surface area contributed by atoms with E-state index in [2.05, 4.69) is 15.2 Å². The molecule has 0 aromatic carbocycles. The summed E-state index contributed by atoms with van der Waals surface area (Å²) in [6, 6.07) is 1.80. The molecule has 0 bridgehead atoms. The van der Waals surface area contributed by atoms with Crippen LogP contribution < -0.4 is 5.73 Å². The van der Waals surface area contributed by atoms with Crippen molar-refractivity contribution in [2.45, 2.75) is 6.54 Å². The highest BCUT2D eigenvalue weighted by atomic mass is 35.5. The van der Waals surface area contributed by atoms with Gasteiger partial charge in [0.05, 0.1) is 10.7 Å². The van der Waals surface area contributed by atoms with E-state index in [1.54, 1.807) is 12.3 Å². The molecule has 0 fully saturated rings. The summed E-state index contributed by atoms with van der Waals surface area (Å²) in [5.41, 5.74) is 6.98. The quantitative estimate of drug-likeness (QED) is 0.693. The van der Waals surface area contributed by atoms with Crippen LogP contribution >= 0.6 is 11.6 Å². The molecule has 2 aromatic rings. The number of pyridine rings is 1. The van der Waals surface area contributed by atoms with E-state index >= 15 is 0 Å². The lowest BCUT2D eigenvalue weighted by Gasteiger charge is -1.91. The number of halogens is 1. The van der Waals surface area contributed by atoms with Crippen molar-refractivity contribution in [2.24, 2.45) is 5.73 Å². The summed E-state index contributed by atoms with van der Waals surface area (Å²) in [6.45, 7) is 0.415. The lowest BCUT2D eigenvalue weighted by Crippen LogP contribution is -1.96. The second kappa shape index (κ2) is 2.73. The van der Waals surface area contributed by atoms with Gasteiger partial charge in [0.15, 0.2) is 5.65 Å². The zero-order valence-electron chi connectivity index (χ0n) is 6.21. The smallest absolute Gasteiger partial charge is 0.181 e. The molecular formula is C7H7ClN4. The number of nitrogens with one attached hydrogen (secondary N) is 1. The molecule has 2 aromatic heterocycles. The van der Waals surface area contributed by atoms with Crippen LogP contribution in [0.1, 0.15) is 5.69 Å². The van der Waals surface area contributed by atoms with Crippen molar-refractivity contribution in [3.63, 3.8) is 0 Å². The van der Waals surface area contributed by atoms with Gasteiger partial charge in [-0.25, -0.2) is 4.98 Å². The molecule has 0 spiro atoms. The van der Waals surface area contributed by atoms with Crippen LogP contribution in [0.25, 0.3) is 11.0 Å². The van der Waals surface area contributed by atoms with Gasteiger partial charge in [0.1, 0.15) is 0 Å². The number of aromatic nitrogens is 3. The van der Waals surface area contributed by atoms with Crippen LogP contribution in [0.4, 0.5) is 0 Å². The Morgan fingerprint density at radius 2 is 2.42 bits per heavy atom. The van der Waals surface area contributed by atoms with Gasteiger partial charge >= 0.3 is 0 Å². The average Bonchev–Trinajstić information content (AvgIpc) is 2.46. The van der Waals surface area contributed by atoms with Gasteiger partial charge in [0, 0.05) is 18.1 Å². The molecule has 0 aliphatic rings. The Morgan fingerprint density at radius 3 is 3.17 bits per heavy atom. The highest BCUT2D eigenvalue weighted by Gasteiger charge is 2.04. The van der Waals surface area contributed by atoms with E-state index in [1.165, 1.54) is 0 Å².